The van der Waals surface area contributed by atoms with Crippen molar-refractivity contribution < 1.29 is 19.2 Å². The molecule has 1 unspecified atom stereocenters. The highest BCUT2D eigenvalue weighted by Gasteiger charge is 2.33. The lowest BCUT2D eigenvalue weighted by Gasteiger charge is -2.37. The molecule has 5 amide bonds. The predicted octanol–water partition coefficient (Wildman–Crippen LogP) is -1.21. The first-order chi connectivity index (χ1) is 11.9. The number of hydrogen-bond acceptors (Lipinski definition) is 5. The molecule has 3 rings (SSSR count). The van der Waals surface area contributed by atoms with Gasteiger partial charge in [0.05, 0.1) is 6.04 Å². The molecule has 0 aromatic carbocycles. The van der Waals surface area contributed by atoms with Crippen LogP contribution in [0.3, 0.4) is 0 Å². The SMILES string of the molecule is CC(C(=O)NC(=O)NC1CC1)N1CCN(C(=O)C(=O)NC2CC2)CC1. The van der Waals surface area contributed by atoms with E-state index in [2.05, 4.69) is 16.0 Å². The highest BCUT2D eigenvalue weighted by atomic mass is 16.2. The Balaban J connectivity index is 1.40. The average molecular weight is 351 g/mol. The van der Waals surface area contributed by atoms with Crippen molar-refractivity contribution in [2.75, 3.05) is 26.2 Å². The van der Waals surface area contributed by atoms with Crippen LogP contribution in [0.5, 0.6) is 0 Å². The quantitative estimate of drug-likeness (QED) is 0.550. The summed E-state index contributed by atoms with van der Waals surface area (Å²) in [6.07, 6.45) is 3.80. The molecule has 2 saturated carbocycles. The van der Waals surface area contributed by atoms with Gasteiger partial charge in [-0.3, -0.25) is 24.6 Å². The zero-order chi connectivity index (χ0) is 18.0. The molecule has 0 radical (unpaired) electrons. The molecule has 9 heteroatoms. The van der Waals surface area contributed by atoms with Gasteiger partial charge in [0.2, 0.25) is 5.91 Å². The maximum atomic E-state index is 12.1. The number of carbonyl (C=O) groups excluding carboxylic acids is 4. The van der Waals surface area contributed by atoms with Gasteiger partial charge < -0.3 is 15.5 Å². The second kappa shape index (κ2) is 7.38. The summed E-state index contributed by atoms with van der Waals surface area (Å²) in [6.45, 7) is 3.49. The predicted molar refractivity (Wildman–Crippen MR) is 88.5 cm³/mol. The summed E-state index contributed by atoms with van der Waals surface area (Å²) in [5.74, 6) is -1.41. The Morgan fingerprint density at radius 2 is 1.44 bits per heavy atom. The summed E-state index contributed by atoms with van der Waals surface area (Å²) < 4.78 is 0. The van der Waals surface area contributed by atoms with Crippen LogP contribution in [-0.4, -0.2) is 77.9 Å². The number of imide groups is 1. The third-order valence-electron chi connectivity index (χ3n) is 4.78. The molecule has 2 aliphatic carbocycles. The number of carbonyl (C=O) groups is 4. The van der Waals surface area contributed by atoms with Gasteiger partial charge in [0.15, 0.2) is 0 Å². The van der Waals surface area contributed by atoms with E-state index in [1.54, 1.807) is 6.92 Å². The van der Waals surface area contributed by atoms with E-state index in [4.69, 9.17) is 0 Å². The summed E-state index contributed by atoms with van der Waals surface area (Å²) in [4.78, 5) is 51.1. The lowest BCUT2D eigenvalue weighted by atomic mass is 10.2. The summed E-state index contributed by atoms with van der Waals surface area (Å²) >= 11 is 0. The Labute approximate surface area is 146 Å². The Hall–Kier alpha value is -2.16. The average Bonchev–Trinajstić information content (AvgIpc) is 3.50. The summed E-state index contributed by atoms with van der Waals surface area (Å²) in [7, 11) is 0. The van der Waals surface area contributed by atoms with Gasteiger partial charge in [-0.1, -0.05) is 0 Å². The molecule has 138 valence electrons. The van der Waals surface area contributed by atoms with E-state index < -0.39 is 23.9 Å². The van der Waals surface area contributed by atoms with Crippen LogP contribution in [0.25, 0.3) is 0 Å². The molecule has 0 aromatic rings. The Morgan fingerprint density at radius 1 is 0.880 bits per heavy atom. The van der Waals surface area contributed by atoms with Gasteiger partial charge in [0.1, 0.15) is 0 Å². The minimum absolute atomic E-state index is 0.156. The molecule has 1 atom stereocenters. The minimum atomic E-state index is -0.543. The van der Waals surface area contributed by atoms with Gasteiger partial charge in [-0.05, 0) is 32.6 Å². The summed E-state index contributed by atoms with van der Waals surface area (Å²) in [5.41, 5.74) is 0. The van der Waals surface area contributed by atoms with Gasteiger partial charge in [-0.15, -0.1) is 0 Å². The van der Waals surface area contributed by atoms with Crippen LogP contribution in [0.1, 0.15) is 32.6 Å². The number of piperazine rings is 1. The van der Waals surface area contributed by atoms with Crippen LogP contribution in [0, 0.1) is 0 Å². The van der Waals surface area contributed by atoms with Gasteiger partial charge in [0, 0.05) is 38.3 Å². The van der Waals surface area contributed by atoms with Crippen LogP contribution in [0.15, 0.2) is 0 Å². The first-order valence-corrected chi connectivity index (χ1v) is 8.89. The molecule has 3 aliphatic rings. The van der Waals surface area contributed by atoms with Crippen molar-refractivity contribution in [1.29, 1.82) is 0 Å². The highest BCUT2D eigenvalue weighted by molar-refractivity contribution is 6.35. The minimum Gasteiger partial charge on any atom is -0.345 e. The van der Waals surface area contributed by atoms with Gasteiger partial charge in [-0.2, -0.15) is 0 Å². The molecule has 9 nitrogen and oxygen atoms in total. The van der Waals surface area contributed by atoms with Crippen molar-refractivity contribution in [2.24, 2.45) is 0 Å². The number of amides is 5. The summed E-state index contributed by atoms with van der Waals surface area (Å²) in [5, 5.41) is 7.76. The van der Waals surface area contributed by atoms with Crippen LogP contribution < -0.4 is 16.0 Å². The van der Waals surface area contributed by atoms with Crippen LogP contribution in [0.4, 0.5) is 4.79 Å². The number of rotatable bonds is 4. The number of nitrogens with zero attached hydrogens (tertiary/aromatic N) is 2. The van der Waals surface area contributed by atoms with Crippen LogP contribution in [-0.2, 0) is 14.4 Å². The van der Waals surface area contributed by atoms with Crippen molar-refractivity contribution in [1.82, 2.24) is 25.8 Å². The van der Waals surface area contributed by atoms with Crippen molar-refractivity contribution in [3.63, 3.8) is 0 Å². The van der Waals surface area contributed by atoms with E-state index in [1.165, 1.54) is 4.90 Å². The smallest absolute Gasteiger partial charge is 0.321 e. The number of urea groups is 1. The maximum Gasteiger partial charge on any atom is 0.321 e. The second-order valence-corrected chi connectivity index (χ2v) is 6.99. The molecule has 3 N–H and O–H groups in total. The molecular weight excluding hydrogens is 326 g/mol. The van der Waals surface area contributed by atoms with E-state index in [9.17, 15) is 19.2 Å². The Morgan fingerprint density at radius 3 is 2.00 bits per heavy atom. The number of hydrogen-bond donors (Lipinski definition) is 3. The first kappa shape index (κ1) is 17.7. The summed E-state index contributed by atoms with van der Waals surface area (Å²) in [6, 6.07) is -0.574. The zero-order valence-corrected chi connectivity index (χ0v) is 14.4. The second-order valence-electron chi connectivity index (χ2n) is 6.99. The number of nitrogens with one attached hydrogen (secondary N) is 3. The van der Waals surface area contributed by atoms with E-state index >= 15 is 0 Å². The van der Waals surface area contributed by atoms with Crippen LogP contribution in [0.2, 0.25) is 0 Å². The fraction of sp³-hybridized carbons (Fsp3) is 0.750. The molecule has 1 saturated heterocycles. The fourth-order valence-electron chi connectivity index (χ4n) is 2.76. The molecule has 0 spiro atoms. The molecule has 3 fully saturated rings. The first-order valence-electron chi connectivity index (χ1n) is 8.89. The molecule has 1 aliphatic heterocycles. The van der Waals surface area contributed by atoms with Gasteiger partial charge >= 0.3 is 17.8 Å². The Bertz CT molecular complexity index is 565. The monoisotopic (exact) mass is 351 g/mol. The maximum absolute atomic E-state index is 12.1. The Kier molecular flexibility index (Phi) is 5.22. The fourth-order valence-corrected chi connectivity index (χ4v) is 2.76. The zero-order valence-electron chi connectivity index (χ0n) is 14.4. The molecule has 0 aromatic heterocycles. The highest BCUT2D eigenvalue weighted by Crippen LogP contribution is 2.19. The largest absolute Gasteiger partial charge is 0.345 e. The van der Waals surface area contributed by atoms with Gasteiger partial charge in [-0.25, -0.2) is 4.79 Å². The molecule has 25 heavy (non-hydrogen) atoms. The van der Waals surface area contributed by atoms with Crippen molar-refractivity contribution in [3.05, 3.63) is 0 Å². The van der Waals surface area contributed by atoms with Crippen LogP contribution >= 0.6 is 0 Å². The molecule has 1 heterocycles. The van der Waals surface area contributed by atoms with Crippen molar-refractivity contribution >= 4 is 23.8 Å². The van der Waals surface area contributed by atoms with Crippen molar-refractivity contribution in [2.45, 2.75) is 50.7 Å². The third-order valence-corrected chi connectivity index (χ3v) is 4.78. The van der Waals surface area contributed by atoms with E-state index in [0.717, 1.165) is 25.7 Å². The molecular formula is C16H25N5O4. The van der Waals surface area contributed by atoms with E-state index in [0.29, 0.717) is 26.2 Å². The topological polar surface area (TPSA) is 111 Å². The lowest BCUT2D eigenvalue weighted by Crippen LogP contribution is -2.57. The van der Waals surface area contributed by atoms with E-state index in [1.807, 2.05) is 4.90 Å². The normalized spacial score (nSPS) is 22.0. The van der Waals surface area contributed by atoms with Gasteiger partial charge in [0.25, 0.3) is 0 Å². The lowest BCUT2D eigenvalue weighted by molar-refractivity contribution is -0.147. The standard InChI is InChI=1S/C16H25N5O4/c1-10(13(22)19-16(25)18-12-4-5-12)20-6-8-21(9-7-20)15(24)14(23)17-11-2-3-11/h10-12H,2-9H2,1H3,(H,17,23)(H2,18,19,22,25). The third kappa shape index (κ3) is 4.91. The van der Waals surface area contributed by atoms with E-state index in [-0.39, 0.29) is 18.0 Å². The van der Waals surface area contributed by atoms with Crippen molar-refractivity contribution in [3.8, 4) is 0 Å². The molecule has 0 bridgehead atoms.